The molecule has 2 rings (SSSR count). The first-order chi connectivity index (χ1) is 10.6. The summed E-state index contributed by atoms with van der Waals surface area (Å²) in [5.41, 5.74) is 0. The van der Waals surface area contributed by atoms with Gasteiger partial charge in [0.1, 0.15) is 4.90 Å². The maximum Gasteiger partial charge on any atom is 0.242 e. The predicted molar refractivity (Wildman–Crippen MR) is 102 cm³/mol. The van der Waals surface area contributed by atoms with Gasteiger partial charge in [-0.2, -0.15) is 0 Å². The van der Waals surface area contributed by atoms with Crippen LogP contribution in [0.3, 0.4) is 0 Å². The van der Waals surface area contributed by atoms with E-state index in [-0.39, 0.29) is 35.4 Å². The molecule has 1 aliphatic carbocycles. The van der Waals surface area contributed by atoms with Crippen molar-refractivity contribution < 1.29 is 8.42 Å². The zero-order valence-corrected chi connectivity index (χ0v) is 16.3. The number of aromatic nitrogens is 1. The predicted octanol–water partition coefficient (Wildman–Crippen LogP) is 1.09. The zero-order valence-electron chi connectivity index (χ0n) is 13.2. The van der Waals surface area contributed by atoms with Crippen LogP contribution in [0.4, 0.5) is 0 Å². The van der Waals surface area contributed by atoms with Crippen molar-refractivity contribution in [1.29, 1.82) is 0 Å². The average Bonchev–Trinajstić information content (AvgIpc) is 3.04. The molecule has 3 N–H and O–H groups in total. The fraction of sp³-hybridized carbons (Fsp3) is 0.571. The highest BCUT2D eigenvalue weighted by atomic mass is 127. The number of hydrogen-bond donors (Lipinski definition) is 3. The molecule has 1 aliphatic rings. The molecule has 1 aromatic heterocycles. The molecule has 0 aromatic carbocycles. The van der Waals surface area contributed by atoms with E-state index in [1.807, 2.05) is 0 Å². The van der Waals surface area contributed by atoms with Gasteiger partial charge in [0.05, 0.1) is 0 Å². The Morgan fingerprint density at radius 1 is 1.35 bits per heavy atom. The maximum absolute atomic E-state index is 12.0. The molecule has 0 bridgehead atoms. The van der Waals surface area contributed by atoms with Gasteiger partial charge in [-0.15, -0.1) is 24.0 Å². The number of rotatable bonds is 6. The van der Waals surface area contributed by atoms with Crippen LogP contribution in [0.1, 0.15) is 25.7 Å². The van der Waals surface area contributed by atoms with Crippen molar-refractivity contribution in [3.05, 3.63) is 24.5 Å². The van der Waals surface area contributed by atoms with Crippen LogP contribution in [0.15, 0.2) is 34.4 Å². The molecular formula is C14H24IN5O2S. The molecule has 0 aliphatic heterocycles. The molecule has 1 heterocycles. The van der Waals surface area contributed by atoms with Crippen LogP contribution in [0.25, 0.3) is 0 Å². The highest BCUT2D eigenvalue weighted by Gasteiger charge is 2.16. The Balaban J connectivity index is 0.00000264. The minimum Gasteiger partial charge on any atom is -0.355 e. The van der Waals surface area contributed by atoms with Gasteiger partial charge in [0.25, 0.3) is 0 Å². The largest absolute Gasteiger partial charge is 0.355 e. The summed E-state index contributed by atoms with van der Waals surface area (Å²) in [7, 11) is -1.79. The van der Waals surface area contributed by atoms with Crippen LogP contribution in [0, 0.1) is 0 Å². The molecule has 23 heavy (non-hydrogen) atoms. The van der Waals surface area contributed by atoms with Crippen LogP contribution in [0.2, 0.25) is 0 Å². The molecule has 9 heteroatoms. The van der Waals surface area contributed by atoms with E-state index in [1.54, 1.807) is 19.3 Å². The summed E-state index contributed by atoms with van der Waals surface area (Å²) in [4.78, 5) is 8.13. The second kappa shape index (κ2) is 10.0. The maximum atomic E-state index is 12.0. The second-order valence-electron chi connectivity index (χ2n) is 5.21. The number of guanidine groups is 1. The number of hydrogen-bond acceptors (Lipinski definition) is 4. The Bertz CT molecular complexity index is 588. The average molecular weight is 453 g/mol. The third-order valence-corrected chi connectivity index (χ3v) is 5.02. The molecule has 1 saturated carbocycles. The third kappa shape index (κ3) is 6.60. The van der Waals surface area contributed by atoms with Crippen LogP contribution in [0.5, 0.6) is 0 Å². The lowest BCUT2D eigenvalue weighted by Crippen LogP contribution is -2.44. The molecule has 7 nitrogen and oxygen atoms in total. The van der Waals surface area contributed by atoms with Gasteiger partial charge in [0.2, 0.25) is 10.0 Å². The topological polar surface area (TPSA) is 95.5 Å². The molecular weight excluding hydrogens is 429 g/mol. The summed E-state index contributed by atoms with van der Waals surface area (Å²) in [6.45, 7) is 0.745. The number of nitrogens with zero attached hydrogens (tertiary/aromatic N) is 2. The number of aliphatic imine (C=N–C) groups is 1. The number of sulfonamides is 1. The lowest BCUT2D eigenvalue weighted by Gasteiger charge is -2.16. The monoisotopic (exact) mass is 453 g/mol. The molecule has 0 atom stereocenters. The van der Waals surface area contributed by atoms with Gasteiger partial charge in [-0.3, -0.25) is 9.98 Å². The Kier molecular flexibility index (Phi) is 8.77. The van der Waals surface area contributed by atoms with Crippen LogP contribution in [-0.4, -0.2) is 45.5 Å². The van der Waals surface area contributed by atoms with Crippen molar-refractivity contribution >= 4 is 40.0 Å². The van der Waals surface area contributed by atoms with Gasteiger partial charge in [0.15, 0.2) is 5.96 Å². The number of nitrogens with one attached hydrogen (secondary N) is 3. The molecule has 0 amide bonds. The van der Waals surface area contributed by atoms with E-state index in [0.717, 1.165) is 12.8 Å². The molecule has 0 saturated heterocycles. The lowest BCUT2D eigenvalue weighted by atomic mass is 10.2. The van der Waals surface area contributed by atoms with Gasteiger partial charge in [-0.1, -0.05) is 12.8 Å². The van der Waals surface area contributed by atoms with Crippen LogP contribution in [-0.2, 0) is 10.0 Å². The van der Waals surface area contributed by atoms with Crippen LogP contribution >= 0.6 is 24.0 Å². The summed E-state index contributed by atoms with van der Waals surface area (Å²) < 4.78 is 26.5. The first kappa shape index (κ1) is 20.1. The summed E-state index contributed by atoms with van der Waals surface area (Å²) in [5, 5.41) is 6.46. The van der Waals surface area contributed by atoms with E-state index in [9.17, 15) is 8.42 Å². The van der Waals surface area contributed by atoms with Gasteiger partial charge >= 0.3 is 0 Å². The standard InChI is InChI=1S/C14H23N5O2S.HI/c1-15-14(19-12-5-2-3-6-12)17-9-10-18-22(20,21)13-7-4-8-16-11-13;/h4,7-8,11-12,18H,2-3,5-6,9-10H2,1H3,(H2,15,17,19);1H. The lowest BCUT2D eigenvalue weighted by molar-refractivity contribution is 0.578. The molecule has 0 unspecified atom stereocenters. The van der Waals surface area contributed by atoms with Gasteiger partial charge in [0, 0.05) is 38.6 Å². The smallest absolute Gasteiger partial charge is 0.242 e. The third-order valence-electron chi connectivity index (χ3n) is 3.57. The van der Waals surface area contributed by atoms with Crippen molar-refractivity contribution in [1.82, 2.24) is 20.3 Å². The van der Waals surface area contributed by atoms with Crippen molar-refractivity contribution in [2.45, 2.75) is 36.6 Å². The van der Waals surface area contributed by atoms with E-state index in [0.29, 0.717) is 18.5 Å². The Hall–Kier alpha value is -0.940. The summed E-state index contributed by atoms with van der Waals surface area (Å²) in [5.74, 6) is 0.715. The fourth-order valence-corrected chi connectivity index (χ4v) is 3.41. The summed E-state index contributed by atoms with van der Waals surface area (Å²) >= 11 is 0. The van der Waals surface area contributed by atoms with E-state index in [4.69, 9.17) is 0 Å². The molecule has 130 valence electrons. The van der Waals surface area contributed by atoms with Gasteiger partial charge in [-0.05, 0) is 25.0 Å². The van der Waals surface area contributed by atoms with Gasteiger partial charge < -0.3 is 10.6 Å². The van der Waals surface area contributed by atoms with Crippen molar-refractivity contribution in [3.63, 3.8) is 0 Å². The zero-order chi connectivity index (χ0) is 15.8. The Morgan fingerprint density at radius 3 is 2.70 bits per heavy atom. The molecule has 1 fully saturated rings. The molecule has 0 spiro atoms. The Morgan fingerprint density at radius 2 is 2.09 bits per heavy atom. The summed E-state index contributed by atoms with van der Waals surface area (Å²) in [6.07, 6.45) is 7.69. The summed E-state index contributed by atoms with van der Waals surface area (Å²) in [6, 6.07) is 3.59. The minimum absolute atomic E-state index is 0. The van der Waals surface area contributed by atoms with Crippen molar-refractivity contribution in [2.24, 2.45) is 4.99 Å². The van der Waals surface area contributed by atoms with E-state index >= 15 is 0 Å². The fourth-order valence-electron chi connectivity index (χ4n) is 2.41. The van der Waals surface area contributed by atoms with E-state index in [1.165, 1.54) is 25.1 Å². The van der Waals surface area contributed by atoms with E-state index < -0.39 is 10.0 Å². The minimum atomic E-state index is -3.50. The SMILES string of the molecule is CN=C(NCCNS(=O)(=O)c1cccnc1)NC1CCCC1.I. The first-order valence-electron chi connectivity index (χ1n) is 7.49. The normalized spacial score (nSPS) is 16.0. The first-order valence-corrected chi connectivity index (χ1v) is 8.97. The Labute approximate surface area is 154 Å². The highest BCUT2D eigenvalue weighted by molar-refractivity contribution is 14.0. The highest BCUT2D eigenvalue weighted by Crippen LogP contribution is 2.17. The number of halogens is 1. The van der Waals surface area contributed by atoms with Crippen molar-refractivity contribution in [2.75, 3.05) is 20.1 Å². The second-order valence-corrected chi connectivity index (χ2v) is 6.98. The molecule has 0 radical (unpaired) electrons. The van der Waals surface area contributed by atoms with E-state index in [2.05, 4.69) is 25.3 Å². The van der Waals surface area contributed by atoms with Crippen LogP contribution < -0.4 is 15.4 Å². The van der Waals surface area contributed by atoms with Gasteiger partial charge in [-0.25, -0.2) is 13.1 Å². The molecule has 1 aromatic rings. The van der Waals surface area contributed by atoms with Crippen molar-refractivity contribution in [3.8, 4) is 0 Å². The number of pyridine rings is 1. The quantitative estimate of drug-likeness (QED) is 0.260.